The van der Waals surface area contributed by atoms with Crippen LogP contribution < -0.4 is 0 Å². The first-order valence-corrected chi connectivity index (χ1v) is 8.77. The molecule has 2 rings (SSSR count). The number of ether oxygens (including phenoxy) is 1. The molecule has 2 aliphatic heterocycles. The van der Waals surface area contributed by atoms with Gasteiger partial charge in [0.05, 0.1) is 6.10 Å². The van der Waals surface area contributed by atoms with Crippen molar-refractivity contribution in [3.8, 4) is 0 Å². The van der Waals surface area contributed by atoms with Crippen molar-refractivity contribution in [1.82, 2.24) is 9.80 Å². The summed E-state index contributed by atoms with van der Waals surface area (Å²) >= 11 is 0. The summed E-state index contributed by atoms with van der Waals surface area (Å²) in [5.41, 5.74) is 0. The maximum absolute atomic E-state index is 11.8. The van der Waals surface area contributed by atoms with Crippen molar-refractivity contribution < 1.29 is 9.53 Å². The van der Waals surface area contributed by atoms with Crippen LogP contribution in [0.15, 0.2) is 0 Å². The second-order valence-corrected chi connectivity index (χ2v) is 6.08. The molecule has 0 aromatic carbocycles. The smallest absolute Gasteiger partial charge is 0.222 e. The lowest BCUT2D eigenvalue weighted by Crippen LogP contribution is -2.33. The van der Waals surface area contributed by atoms with E-state index in [1.807, 2.05) is 18.7 Å². The van der Waals surface area contributed by atoms with E-state index in [-0.39, 0.29) is 6.10 Å². The van der Waals surface area contributed by atoms with Crippen molar-refractivity contribution in [3.63, 3.8) is 0 Å². The van der Waals surface area contributed by atoms with Gasteiger partial charge in [-0.25, -0.2) is 0 Å². The average molecular weight is 298 g/mol. The Morgan fingerprint density at radius 3 is 2.43 bits per heavy atom. The molecule has 0 saturated carbocycles. The lowest BCUT2D eigenvalue weighted by Gasteiger charge is -2.29. The van der Waals surface area contributed by atoms with Crippen LogP contribution in [0, 0.1) is 5.92 Å². The number of piperidine rings is 1. The molecule has 21 heavy (non-hydrogen) atoms. The van der Waals surface area contributed by atoms with Crippen molar-refractivity contribution >= 4 is 5.91 Å². The summed E-state index contributed by atoms with van der Waals surface area (Å²) < 4.78 is 6.02. The number of carbonyl (C=O) groups is 1. The highest BCUT2D eigenvalue weighted by Crippen LogP contribution is 2.20. The standard InChI is InChI=1S/C15H28N2O2.C2H6/c1-3-4-15(18)17-10-7-14(11-17)19-12-13-5-8-16(2)9-6-13;1-2/h13-14H,3-12H2,1-2H3;1-2H3. The summed E-state index contributed by atoms with van der Waals surface area (Å²) in [6, 6.07) is 0. The van der Waals surface area contributed by atoms with Gasteiger partial charge >= 0.3 is 0 Å². The Hall–Kier alpha value is -0.610. The molecule has 0 aromatic rings. The van der Waals surface area contributed by atoms with E-state index in [0.29, 0.717) is 12.3 Å². The van der Waals surface area contributed by atoms with Crippen LogP contribution in [0.5, 0.6) is 0 Å². The minimum atomic E-state index is 0.278. The highest BCUT2D eigenvalue weighted by Gasteiger charge is 2.27. The quantitative estimate of drug-likeness (QED) is 0.782. The highest BCUT2D eigenvalue weighted by molar-refractivity contribution is 5.76. The second-order valence-electron chi connectivity index (χ2n) is 6.08. The molecule has 0 aromatic heterocycles. The molecular formula is C17H34N2O2. The van der Waals surface area contributed by atoms with Gasteiger partial charge in [0.25, 0.3) is 0 Å². The zero-order valence-electron chi connectivity index (χ0n) is 14.4. The average Bonchev–Trinajstić information content (AvgIpc) is 2.98. The SMILES string of the molecule is CC.CCCC(=O)N1CCC(OCC2CCN(C)CC2)C1. The molecule has 1 unspecified atom stereocenters. The first kappa shape index (κ1) is 18.4. The molecule has 2 saturated heterocycles. The third-order valence-electron chi connectivity index (χ3n) is 4.37. The fourth-order valence-corrected chi connectivity index (χ4v) is 2.96. The molecule has 0 bridgehead atoms. The predicted octanol–water partition coefficient (Wildman–Crippen LogP) is 2.77. The van der Waals surface area contributed by atoms with Gasteiger partial charge < -0.3 is 14.5 Å². The molecule has 0 aliphatic carbocycles. The number of hydrogen-bond donors (Lipinski definition) is 0. The minimum Gasteiger partial charge on any atom is -0.376 e. The van der Waals surface area contributed by atoms with Gasteiger partial charge in [0.15, 0.2) is 0 Å². The second kappa shape index (κ2) is 10.2. The summed E-state index contributed by atoms with van der Waals surface area (Å²) in [6.45, 7) is 11.0. The first-order chi connectivity index (χ1) is 10.2. The first-order valence-electron chi connectivity index (χ1n) is 8.77. The number of likely N-dealkylation sites (tertiary alicyclic amines) is 2. The van der Waals surface area contributed by atoms with Gasteiger partial charge in [0.2, 0.25) is 5.91 Å². The van der Waals surface area contributed by atoms with E-state index in [2.05, 4.69) is 18.9 Å². The zero-order chi connectivity index (χ0) is 15.7. The van der Waals surface area contributed by atoms with Gasteiger partial charge in [0, 0.05) is 26.1 Å². The molecule has 2 aliphatic rings. The van der Waals surface area contributed by atoms with Gasteiger partial charge in [-0.05, 0) is 51.7 Å². The van der Waals surface area contributed by atoms with Crippen molar-refractivity contribution in [3.05, 3.63) is 0 Å². The summed E-state index contributed by atoms with van der Waals surface area (Å²) in [7, 11) is 2.19. The van der Waals surface area contributed by atoms with Crippen molar-refractivity contribution in [2.45, 2.75) is 59.0 Å². The molecule has 0 spiro atoms. The van der Waals surface area contributed by atoms with Crippen LogP contribution in [0.4, 0.5) is 0 Å². The van der Waals surface area contributed by atoms with E-state index in [1.165, 1.54) is 25.9 Å². The predicted molar refractivity (Wildman–Crippen MR) is 87.4 cm³/mol. The van der Waals surface area contributed by atoms with Crippen LogP contribution >= 0.6 is 0 Å². The molecule has 2 heterocycles. The summed E-state index contributed by atoms with van der Waals surface area (Å²) in [5.74, 6) is 1.02. The van der Waals surface area contributed by atoms with Crippen LogP contribution in [0.3, 0.4) is 0 Å². The lowest BCUT2D eigenvalue weighted by molar-refractivity contribution is -0.130. The molecule has 0 N–H and O–H groups in total. The third kappa shape index (κ3) is 6.35. The maximum atomic E-state index is 11.8. The van der Waals surface area contributed by atoms with E-state index < -0.39 is 0 Å². The van der Waals surface area contributed by atoms with Gasteiger partial charge in [-0.1, -0.05) is 20.8 Å². The van der Waals surface area contributed by atoms with E-state index >= 15 is 0 Å². The monoisotopic (exact) mass is 298 g/mol. The Morgan fingerprint density at radius 2 is 1.81 bits per heavy atom. The summed E-state index contributed by atoms with van der Waals surface area (Å²) in [5, 5.41) is 0. The number of carbonyl (C=O) groups excluding carboxylic acids is 1. The van der Waals surface area contributed by atoms with E-state index in [4.69, 9.17) is 4.74 Å². The molecule has 4 nitrogen and oxygen atoms in total. The van der Waals surface area contributed by atoms with E-state index in [0.717, 1.165) is 38.5 Å². The summed E-state index contributed by atoms with van der Waals surface area (Å²) in [4.78, 5) is 16.2. The van der Waals surface area contributed by atoms with Gasteiger partial charge in [-0.2, -0.15) is 0 Å². The van der Waals surface area contributed by atoms with Gasteiger partial charge in [-0.3, -0.25) is 4.79 Å². The number of hydrogen-bond acceptors (Lipinski definition) is 3. The van der Waals surface area contributed by atoms with Crippen LogP contribution in [-0.4, -0.2) is 61.6 Å². The number of nitrogens with zero attached hydrogens (tertiary/aromatic N) is 2. The Balaban J connectivity index is 0.00000106. The Bertz CT molecular complexity index is 289. The third-order valence-corrected chi connectivity index (χ3v) is 4.37. The van der Waals surface area contributed by atoms with Gasteiger partial charge in [0.1, 0.15) is 0 Å². The zero-order valence-corrected chi connectivity index (χ0v) is 14.4. The Kier molecular flexibility index (Phi) is 8.93. The molecule has 124 valence electrons. The minimum absolute atomic E-state index is 0.278. The Labute approximate surface area is 130 Å². The van der Waals surface area contributed by atoms with Crippen LogP contribution in [0.1, 0.15) is 52.9 Å². The fraction of sp³-hybridized carbons (Fsp3) is 0.941. The van der Waals surface area contributed by atoms with Crippen LogP contribution in [0.25, 0.3) is 0 Å². The van der Waals surface area contributed by atoms with E-state index in [9.17, 15) is 4.79 Å². The molecule has 0 radical (unpaired) electrons. The highest BCUT2D eigenvalue weighted by atomic mass is 16.5. The number of amides is 1. The van der Waals surface area contributed by atoms with Crippen LogP contribution in [0.2, 0.25) is 0 Å². The number of rotatable bonds is 5. The molecule has 1 atom stereocenters. The normalized spacial score (nSPS) is 23.8. The van der Waals surface area contributed by atoms with Crippen LogP contribution in [-0.2, 0) is 9.53 Å². The topological polar surface area (TPSA) is 32.8 Å². The molecular weight excluding hydrogens is 264 g/mol. The largest absolute Gasteiger partial charge is 0.376 e. The molecule has 1 amide bonds. The molecule has 2 fully saturated rings. The van der Waals surface area contributed by atoms with E-state index in [1.54, 1.807) is 0 Å². The van der Waals surface area contributed by atoms with Crippen molar-refractivity contribution in [2.24, 2.45) is 5.92 Å². The lowest BCUT2D eigenvalue weighted by atomic mass is 9.98. The summed E-state index contributed by atoms with van der Waals surface area (Å²) in [6.07, 6.45) is 5.42. The fourth-order valence-electron chi connectivity index (χ4n) is 2.96. The van der Waals surface area contributed by atoms with Crippen molar-refractivity contribution in [1.29, 1.82) is 0 Å². The van der Waals surface area contributed by atoms with Gasteiger partial charge in [-0.15, -0.1) is 0 Å². The maximum Gasteiger partial charge on any atom is 0.222 e. The van der Waals surface area contributed by atoms with Crippen molar-refractivity contribution in [2.75, 3.05) is 39.8 Å². The molecule has 4 heteroatoms. The Morgan fingerprint density at radius 1 is 1.14 bits per heavy atom.